The number of benzene rings is 6. The van der Waals surface area contributed by atoms with Gasteiger partial charge in [0.1, 0.15) is 0 Å². The highest BCUT2D eigenvalue weighted by molar-refractivity contribution is 6.22. The molecule has 53 heavy (non-hydrogen) atoms. The Hall–Kier alpha value is -7.24. The van der Waals surface area contributed by atoms with Gasteiger partial charge in [-0.25, -0.2) is 0 Å². The Bertz CT molecular complexity index is 2760. The summed E-state index contributed by atoms with van der Waals surface area (Å²) in [5.74, 6) is 0. The van der Waals surface area contributed by atoms with E-state index in [9.17, 15) is 0 Å². The van der Waals surface area contributed by atoms with Crippen LogP contribution in [0, 0.1) is 0 Å². The molecule has 0 saturated heterocycles. The van der Waals surface area contributed by atoms with E-state index < -0.39 is 0 Å². The zero-order valence-corrected chi connectivity index (χ0v) is 28.8. The molecule has 0 saturated carbocycles. The number of aromatic nitrogens is 4. The van der Waals surface area contributed by atoms with E-state index in [1.165, 1.54) is 27.2 Å². The molecule has 0 spiro atoms. The minimum Gasteiger partial charge on any atom is -0.317 e. The van der Waals surface area contributed by atoms with Crippen LogP contribution >= 0.6 is 0 Å². The van der Waals surface area contributed by atoms with E-state index in [0.717, 1.165) is 56.2 Å². The molecule has 250 valence electrons. The van der Waals surface area contributed by atoms with Crippen molar-refractivity contribution in [3.63, 3.8) is 0 Å². The summed E-state index contributed by atoms with van der Waals surface area (Å²) in [4.78, 5) is 10.8. The molecule has 0 fully saturated rings. The van der Waals surface area contributed by atoms with Gasteiger partial charge in [0.15, 0.2) is 0 Å². The summed E-state index contributed by atoms with van der Waals surface area (Å²) in [6.45, 7) is 0. The van der Waals surface area contributed by atoms with Crippen molar-refractivity contribution >= 4 is 49.8 Å². The van der Waals surface area contributed by atoms with Crippen LogP contribution in [0.3, 0.4) is 0 Å². The highest BCUT2D eigenvalue weighted by Gasteiger charge is 2.20. The van der Waals surface area contributed by atoms with E-state index >= 15 is 0 Å². The molecule has 10 aromatic rings. The number of para-hydroxylation sites is 2. The van der Waals surface area contributed by atoms with Gasteiger partial charge in [0.2, 0.25) is 0 Å². The molecule has 4 aromatic heterocycles. The van der Waals surface area contributed by atoms with Crippen LogP contribution in [0.2, 0.25) is 0 Å². The van der Waals surface area contributed by atoms with Gasteiger partial charge in [-0.2, -0.15) is 0 Å². The Morgan fingerprint density at radius 3 is 1.45 bits per heavy atom. The average Bonchev–Trinajstić information content (AvgIpc) is 3.82. The van der Waals surface area contributed by atoms with Crippen molar-refractivity contribution < 1.29 is 0 Å². The summed E-state index contributed by atoms with van der Waals surface area (Å²) in [5, 5.41) is 3.65. The Balaban J connectivity index is 1.19. The molecule has 10 rings (SSSR count). The van der Waals surface area contributed by atoms with E-state index in [4.69, 9.17) is 0 Å². The SMILES string of the molecule is c1ccc(-n2ccc3c4c5cc(N(c6ccc(-c7ccncc7)cc6)c6ccc(-c7ccncc7)cc6)ccc5n(-c5ccccc5)c4ccc32)cc1. The number of anilines is 3. The number of rotatable bonds is 7. The van der Waals surface area contributed by atoms with Crippen LogP contribution in [0.1, 0.15) is 0 Å². The van der Waals surface area contributed by atoms with Crippen LogP contribution < -0.4 is 4.90 Å². The van der Waals surface area contributed by atoms with Gasteiger partial charge in [0.05, 0.1) is 16.6 Å². The van der Waals surface area contributed by atoms with Crippen molar-refractivity contribution in [2.24, 2.45) is 0 Å². The number of pyridine rings is 2. The first-order valence-electron chi connectivity index (χ1n) is 17.8. The van der Waals surface area contributed by atoms with Gasteiger partial charge in [-0.3, -0.25) is 9.97 Å². The van der Waals surface area contributed by atoms with Crippen LogP contribution in [0.5, 0.6) is 0 Å². The van der Waals surface area contributed by atoms with Gasteiger partial charge in [0.25, 0.3) is 0 Å². The van der Waals surface area contributed by atoms with E-state index in [-0.39, 0.29) is 0 Å². The molecule has 0 radical (unpaired) electrons. The fourth-order valence-electron chi connectivity index (χ4n) is 7.67. The maximum absolute atomic E-state index is 4.21. The predicted octanol–water partition coefficient (Wildman–Crippen LogP) is 12.3. The molecule has 5 heteroatoms. The van der Waals surface area contributed by atoms with Gasteiger partial charge < -0.3 is 14.0 Å². The van der Waals surface area contributed by atoms with Crippen LogP contribution in [-0.4, -0.2) is 19.1 Å². The Kier molecular flexibility index (Phi) is 7.40. The first-order valence-corrected chi connectivity index (χ1v) is 17.8. The summed E-state index contributed by atoms with van der Waals surface area (Å²) in [5.41, 5.74) is 13.6. The smallest absolute Gasteiger partial charge is 0.0548 e. The number of fused-ring (bicyclic) bond motifs is 5. The van der Waals surface area contributed by atoms with Crippen LogP contribution in [0.25, 0.3) is 66.3 Å². The van der Waals surface area contributed by atoms with E-state index in [1.807, 2.05) is 49.1 Å². The second-order valence-corrected chi connectivity index (χ2v) is 13.2. The van der Waals surface area contributed by atoms with E-state index in [2.05, 4.69) is 176 Å². The van der Waals surface area contributed by atoms with Crippen molar-refractivity contribution in [1.82, 2.24) is 19.1 Å². The summed E-state index contributed by atoms with van der Waals surface area (Å²) >= 11 is 0. The van der Waals surface area contributed by atoms with Crippen molar-refractivity contribution in [1.29, 1.82) is 0 Å². The predicted molar refractivity (Wildman–Crippen MR) is 219 cm³/mol. The topological polar surface area (TPSA) is 38.9 Å². The molecule has 0 aliphatic carbocycles. The second kappa shape index (κ2) is 12.8. The van der Waals surface area contributed by atoms with E-state index in [0.29, 0.717) is 0 Å². The lowest BCUT2D eigenvalue weighted by Crippen LogP contribution is -2.10. The van der Waals surface area contributed by atoms with Crippen molar-refractivity contribution in [2.75, 3.05) is 4.90 Å². The molecular weight excluding hydrogens is 647 g/mol. The zero-order valence-electron chi connectivity index (χ0n) is 28.8. The Morgan fingerprint density at radius 2 is 0.868 bits per heavy atom. The third kappa shape index (κ3) is 5.34. The fraction of sp³-hybridized carbons (Fsp3) is 0. The molecule has 0 amide bonds. The third-order valence-electron chi connectivity index (χ3n) is 10.2. The monoisotopic (exact) mass is 679 g/mol. The molecule has 0 unspecified atom stereocenters. The molecule has 5 nitrogen and oxygen atoms in total. The third-order valence-corrected chi connectivity index (χ3v) is 10.2. The molecule has 4 heterocycles. The first kappa shape index (κ1) is 30.6. The maximum atomic E-state index is 4.21. The molecule has 0 N–H and O–H groups in total. The minimum atomic E-state index is 1.07. The van der Waals surface area contributed by atoms with Gasteiger partial charge >= 0.3 is 0 Å². The number of hydrogen-bond acceptors (Lipinski definition) is 3. The normalized spacial score (nSPS) is 11.4. The summed E-state index contributed by atoms with van der Waals surface area (Å²) < 4.78 is 4.68. The molecule has 0 aliphatic rings. The quantitative estimate of drug-likeness (QED) is 0.168. The van der Waals surface area contributed by atoms with Crippen LogP contribution in [0.15, 0.2) is 201 Å². The van der Waals surface area contributed by atoms with Crippen molar-refractivity contribution in [3.8, 4) is 33.6 Å². The fourth-order valence-corrected chi connectivity index (χ4v) is 7.67. The highest BCUT2D eigenvalue weighted by Crippen LogP contribution is 2.43. The molecular formula is C48H33N5. The average molecular weight is 680 g/mol. The van der Waals surface area contributed by atoms with Gasteiger partial charge in [-0.1, -0.05) is 60.7 Å². The first-order chi connectivity index (χ1) is 26.3. The summed E-state index contributed by atoms with van der Waals surface area (Å²) in [7, 11) is 0. The summed E-state index contributed by atoms with van der Waals surface area (Å²) in [6.07, 6.45) is 9.55. The number of hydrogen-bond donors (Lipinski definition) is 0. The van der Waals surface area contributed by atoms with E-state index in [1.54, 1.807) is 0 Å². The lowest BCUT2D eigenvalue weighted by Gasteiger charge is -2.26. The van der Waals surface area contributed by atoms with Crippen molar-refractivity contribution in [3.05, 3.63) is 201 Å². The number of nitrogens with zero attached hydrogens (tertiary/aromatic N) is 5. The van der Waals surface area contributed by atoms with Crippen molar-refractivity contribution in [2.45, 2.75) is 0 Å². The van der Waals surface area contributed by atoms with Gasteiger partial charge in [-0.15, -0.1) is 0 Å². The largest absolute Gasteiger partial charge is 0.317 e. The standard InChI is InChI=1S/C48H33N5/c1-3-7-38(8-4-1)51-32-27-43-45(51)21-22-47-48(43)44-33-42(19-20-46(44)53(47)39-9-5-2-6-10-39)52(40-15-11-34(12-16-40)36-23-28-49-29-24-36)41-17-13-35(14-18-41)37-25-30-50-31-26-37/h1-33H. The molecule has 0 atom stereocenters. The Labute approximate surface area is 307 Å². The lowest BCUT2D eigenvalue weighted by molar-refractivity contribution is 1.13. The highest BCUT2D eigenvalue weighted by atomic mass is 15.1. The molecule has 0 bridgehead atoms. The molecule has 0 aliphatic heterocycles. The second-order valence-electron chi connectivity index (χ2n) is 13.2. The summed E-state index contributed by atoms with van der Waals surface area (Å²) in [6, 6.07) is 60.7. The van der Waals surface area contributed by atoms with Gasteiger partial charge in [-0.05, 0) is 131 Å². The Morgan fingerprint density at radius 1 is 0.377 bits per heavy atom. The zero-order chi connectivity index (χ0) is 35.1. The molecule has 6 aromatic carbocycles. The maximum Gasteiger partial charge on any atom is 0.0548 e. The van der Waals surface area contributed by atoms with Crippen LogP contribution in [0.4, 0.5) is 17.1 Å². The van der Waals surface area contributed by atoms with Crippen LogP contribution in [-0.2, 0) is 0 Å². The van der Waals surface area contributed by atoms with Gasteiger partial charge in [0, 0.05) is 75.6 Å². The lowest BCUT2D eigenvalue weighted by atomic mass is 10.0. The minimum absolute atomic E-state index is 1.07.